The topological polar surface area (TPSA) is 71.0 Å². The lowest BCUT2D eigenvalue weighted by Crippen LogP contribution is -2.49. The lowest BCUT2D eigenvalue weighted by atomic mass is 10.0. The third kappa shape index (κ3) is 8.40. The molecule has 8 heteroatoms. The fraction of sp³-hybridized carbons (Fsp3) is 0.423. The van der Waals surface area contributed by atoms with Gasteiger partial charge in [-0.2, -0.15) is 0 Å². The van der Waals surface area contributed by atoms with Crippen molar-refractivity contribution in [2.24, 2.45) is 0 Å². The minimum atomic E-state index is -1.13. The van der Waals surface area contributed by atoms with Gasteiger partial charge >= 0.3 is 5.97 Å². The molecule has 2 aromatic rings. The number of carbonyl (C=O) groups is 1. The Morgan fingerprint density at radius 1 is 1.26 bits per heavy atom. The second-order valence-corrected chi connectivity index (χ2v) is 9.32. The van der Waals surface area contributed by atoms with Crippen LogP contribution in [0.2, 0.25) is 5.02 Å². The normalized spacial score (nSPS) is 17.0. The molecule has 0 bridgehead atoms. The summed E-state index contributed by atoms with van der Waals surface area (Å²) in [6, 6.07) is 12.3. The standard InChI is InChI=1S/C26H32ClFN2O4/c1-26(32,18-34-24-9-8-22(28)15-20(24)5-10-25(31)33-2)17-29-23-11-13-30(14-12-23)16-19-3-6-21(27)7-4-19/h3-10,15,23,29,32H,11-14,16-18H2,1-2H3/b10-5+/t26-/m0/s1. The predicted octanol–water partition coefficient (Wildman–Crippen LogP) is 4.05. The van der Waals surface area contributed by atoms with E-state index in [1.807, 2.05) is 12.1 Å². The molecule has 0 amide bonds. The molecule has 184 valence electrons. The number of hydrogen-bond donors (Lipinski definition) is 2. The van der Waals surface area contributed by atoms with Crippen molar-refractivity contribution in [3.8, 4) is 5.75 Å². The Morgan fingerprint density at radius 2 is 1.97 bits per heavy atom. The Hall–Kier alpha value is -2.45. The number of aliphatic hydroxyl groups is 1. The zero-order valence-electron chi connectivity index (χ0n) is 19.6. The monoisotopic (exact) mass is 490 g/mol. The number of hydrogen-bond acceptors (Lipinski definition) is 6. The molecule has 6 nitrogen and oxygen atoms in total. The van der Waals surface area contributed by atoms with E-state index >= 15 is 0 Å². The van der Waals surface area contributed by atoms with Crippen LogP contribution < -0.4 is 10.1 Å². The zero-order valence-corrected chi connectivity index (χ0v) is 20.4. The summed E-state index contributed by atoms with van der Waals surface area (Å²) in [6.45, 7) is 4.93. The van der Waals surface area contributed by atoms with E-state index < -0.39 is 17.4 Å². The van der Waals surface area contributed by atoms with Gasteiger partial charge in [0.2, 0.25) is 0 Å². The van der Waals surface area contributed by atoms with Gasteiger partial charge in [0.15, 0.2) is 0 Å². The highest BCUT2D eigenvalue weighted by Crippen LogP contribution is 2.23. The molecule has 2 N–H and O–H groups in total. The average Bonchev–Trinajstić information content (AvgIpc) is 2.83. The zero-order chi connectivity index (χ0) is 24.6. The molecule has 1 fully saturated rings. The molecule has 1 saturated heterocycles. The summed E-state index contributed by atoms with van der Waals surface area (Å²) < 4.78 is 24.0. The first-order valence-corrected chi connectivity index (χ1v) is 11.7. The third-order valence-electron chi connectivity index (χ3n) is 5.79. The highest BCUT2D eigenvalue weighted by atomic mass is 35.5. The van der Waals surface area contributed by atoms with E-state index in [0.29, 0.717) is 23.9 Å². The van der Waals surface area contributed by atoms with Crippen molar-refractivity contribution >= 4 is 23.6 Å². The second-order valence-electron chi connectivity index (χ2n) is 8.88. The van der Waals surface area contributed by atoms with Gasteiger partial charge in [0, 0.05) is 35.8 Å². The van der Waals surface area contributed by atoms with Gasteiger partial charge in [-0.1, -0.05) is 23.7 Å². The maximum atomic E-state index is 13.6. The lowest BCUT2D eigenvalue weighted by Gasteiger charge is -2.34. The molecule has 1 aliphatic heterocycles. The number of rotatable bonds is 10. The molecule has 2 aromatic carbocycles. The van der Waals surface area contributed by atoms with Gasteiger partial charge in [0.05, 0.1) is 7.11 Å². The summed E-state index contributed by atoms with van der Waals surface area (Å²) in [6.07, 6.45) is 4.60. The molecular weight excluding hydrogens is 459 g/mol. The molecule has 0 unspecified atom stereocenters. The number of ether oxygens (including phenoxy) is 2. The van der Waals surface area contributed by atoms with Crippen LogP contribution in [-0.4, -0.2) is 61.0 Å². The average molecular weight is 491 g/mol. The Morgan fingerprint density at radius 3 is 2.65 bits per heavy atom. The molecule has 34 heavy (non-hydrogen) atoms. The number of likely N-dealkylation sites (tertiary alicyclic amines) is 1. The second kappa shape index (κ2) is 12.3. The van der Waals surface area contributed by atoms with Gasteiger partial charge in [0.1, 0.15) is 23.8 Å². The fourth-order valence-corrected chi connectivity index (χ4v) is 3.92. The van der Waals surface area contributed by atoms with Crippen molar-refractivity contribution in [2.45, 2.75) is 38.0 Å². The van der Waals surface area contributed by atoms with E-state index in [-0.39, 0.29) is 6.61 Å². The first-order chi connectivity index (χ1) is 16.2. The molecule has 1 aliphatic rings. The van der Waals surface area contributed by atoms with E-state index in [1.165, 1.54) is 43.0 Å². The van der Waals surface area contributed by atoms with Crippen molar-refractivity contribution in [1.82, 2.24) is 10.2 Å². The van der Waals surface area contributed by atoms with Gasteiger partial charge in [-0.15, -0.1) is 0 Å². The molecule has 1 atom stereocenters. The molecule has 0 aliphatic carbocycles. The number of nitrogens with zero attached hydrogens (tertiary/aromatic N) is 1. The summed E-state index contributed by atoms with van der Waals surface area (Å²) in [7, 11) is 1.27. The quantitative estimate of drug-likeness (QED) is 0.387. The highest BCUT2D eigenvalue weighted by Gasteiger charge is 2.25. The van der Waals surface area contributed by atoms with Crippen LogP contribution in [0, 0.1) is 5.82 Å². The minimum Gasteiger partial charge on any atom is -0.490 e. The third-order valence-corrected chi connectivity index (χ3v) is 6.04. The van der Waals surface area contributed by atoms with Crippen molar-refractivity contribution in [2.75, 3.05) is 33.4 Å². The number of methoxy groups -OCH3 is 1. The van der Waals surface area contributed by atoms with Crippen molar-refractivity contribution < 1.29 is 23.8 Å². The largest absolute Gasteiger partial charge is 0.490 e. The van der Waals surface area contributed by atoms with Gasteiger partial charge in [-0.25, -0.2) is 9.18 Å². The van der Waals surface area contributed by atoms with Crippen LogP contribution in [0.3, 0.4) is 0 Å². The van der Waals surface area contributed by atoms with E-state index in [1.54, 1.807) is 6.92 Å². The number of nitrogens with one attached hydrogen (secondary N) is 1. The van der Waals surface area contributed by atoms with Gasteiger partial charge in [0.25, 0.3) is 0 Å². The van der Waals surface area contributed by atoms with E-state index in [9.17, 15) is 14.3 Å². The molecule has 0 saturated carbocycles. The number of benzene rings is 2. The fourth-order valence-electron chi connectivity index (χ4n) is 3.80. The Kier molecular flexibility index (Phi) is 9.47. The van der Waals surface area contributed by atoms with Crippen molar-refractivity contribution in [3.05, 3.63) is 70.5 Å². The highest BCUT2D eigenvalue weighted by molar-refractivity contribution is 6.30. The molecule has 3 rings (SSSR count). The van der Waals surface area contributed by atoms with Gasteiger partial charge in [-0.3, -0.25) is 4.90 Å². The van der Waals surface area contributed by atoms with Crippen molar-refractivity contribution in [3.63, 3.8) is 0 Å². The van der Waals surface area contributed by atoms with Crippen molar-refractivity contribution in [1.29, 1.82) is 0 Å². The van der Waals surface area contributed by atoms with Crippen LogP contribution in [0.15, 0.2) is 48.5 Å². The summed E-state index contributed by atoms with van der Waals surface area (Å²) in [5, 5.41) is 15.0. The molecule has 1 heterocycles. The molecular formula is C26H32ClFN2O4. The molecule has 0 aromatic heterocycles. The lowest BCUT2D eigenvalue weighted by molar-refractivity contribution is -0.134. The van der Waals surface area contributed by atoms with Crippen LogP contribution in [0.1, 0.15) is 30.9 Å². The predicted molar refractivity (Wildman–Crippen MR) is 131 cm³/mol. The summed E-state index contributed by atoms with van der Waals surface area (Å²) in [4.78, 5) is 13.8. The van der Waals surface area contributed by atoms with Crippen LogP contribution in [0.5, 0.6) is 5.75 Å². The Labute approximate surface area is 205 Å². The van der Waals surface area contributed by atoms with Crippen LogP contribution in [0.4, 0.5) is 4.39 Å². The summed E-state index contributed by atoms with van der Waals surface area (Å²) in [5.41, 5.74) is 0.512. The van der Waals surface area contributed by atoms with Gasteiger partial charge in [-0.05, 0) is 74.8 Å². The number of halogens is 2. The van der Waals surface area contributed by atoms with Crippen LogP contribution in [0.25, 0.3) is 6.08 Å². The van der Waals surface area contributed by atoms with E-state index in [0.717, 1.165) is 37.5 Å². The summed E-state index contributed by atoms with van der Waals surface area (Å²) >= 11 is 5.96. The maximum absolute atomic E-state index is 13.6. The Balaban J connectivity index is 1.45. The first-order valence-electron chi connectivity index (χ1n) is 11.3. The summed E-state index contributed by atoms with van der Waals surface area (Å²) in [5.74, 6) is -0.629. The van der Waals surface area contributed by atoms with Crippen LogP contribution >= 0.6 is 11.6 Å². The van der Waals surface area contributed by atoms with E-state index in [2.05, 4.69) is 27.1 Å². The molecule has 0 radical (unpaired) electrons. The smallest absolute Gasteiger partial charge is 0.330 e. The Bertz CT molecular complexity index is 973. The SMILES string of the molecule is COC(=O)/C=C/c1cc(F)ccc1OC[C@@](C)(O)CNC1CCN(Cc2ccc(Cl)cc2)CC1. The number of esters is 1. The first kappa shape index (κ1) is 26.2. The van der Waals surface area contributed by atoms with Crippen LogP contribution in [-0.2, 0) is 16.1 Å². The number of piperidine rings is 1. The molecule has 0 spiro atoms. The van der Waals surface area contributed by atoms with Gasteiger partial charge < -0.3 is 19.9 Å². The maximum Gasteiger partial charge on any atom is 0.330 e. The number of carbonyl (C=O) groups excluding carboxylic acids is 1. The van der Waals surface area contributed by atoms with E-state index in [4.69, 9.17) is 16.3 Å². The minimum absolute atomic E-state index is 0.0140.